The van der Waals surface area contributed by atoms with Crippen LogP contribution in [0.3, 0.4) is 0 Å². The summed E-state index contributed by atoms with van der Waals surface area (Å²) in [6.07, 6.45) is 0.814. The molecule has 100 valence electrons. The minimum absolute atomic E-state index is 0.121. The molecule has 0 fully saturated rings. The van der Waals surface area contributed by atoms with Crippen LogP contribution in [0.4, 0.5) is 0 Å². The minimum atomic E-state index is -0.121. The Morgan fingerprint density at radius 2 is 2.11 bits per heavy atom. The highest BCUT2D eigenvalue weighted by Crippen LogP contribution is 2.16. The van der Waals surface area contributed by atoms with Crippen molar-refractivity contribution in [3.05, 3.63) is 29.8 Å². The van der Waals surface area contributed by atoms with Gasteiger partial charge in [-0.3, -0.25) is 4.79 Å². The van der Waals surface area contributed by atoms with E-state index in [1.807, 2.05) is 12.1 Å². The summed E-state index contributed by atoms with van der Waals surface area (Å²) in [5, 5.41) is 2.86. The highest BCUT2D eigenvalue weighted by molar-refractivity contribution is 9.09. The van der Waals surface area contributed by atoms with E-state index in [1.54, 1.807) is 26.4 Å². The number of para-hydroxylation sites is 1. The number of carbonyl (C=O) groups excluding carboxylic acids is 1. The minimum Gasteiger partial charge on any atom is -0.496 e. The second kappa shape index (κ2) is 8.11. The molecule has 18 heavy (non-hydrogen) atoms. The molecule has 1 rings (SSSR count). The molecule has 0 bridgehead atoms. The first-order valence-electron chi connectivity index (χ1n) is 5.73. The quantitative estimate of drug-likeness (QED) is 0.785. The Kier molecular flexibility index (Phi) is 6.75. The lowest BCUT2D eigenvalue weighted by atomic mass is 10.2. The van der Waals surface area contributed by atoms with Crippen molar-refractivity contribution in [2.24, 2.45) is 0 Å². The largest absolute Gasteiger partial charge is 0.496 e. The summed E-state index contributed by atoms with van der Waals surface area (Å²) in [6, 6.07) is 7.17. The maximum atomic E-state index is 11.9. The predicted octanol–water partition coefficient (Wildman–Crippen LogP) is 2.23. The normalized spacial score (nSPS) is 11.9. The van der Waals surface area contributed by atoms with E-state index in [9.17, 15) is 4.79 Å². The molecule has 1 unspecified atom stereocenters. The standard InChI is InChI=1S/C13H18BrNO3/c1-17-9-10(14)7-8-15-13(16)11-5-3-4-6-12(11)18-2/h3-6,10H,7-9H2,1-2H3,(H,15,16). The molecule has 4 nitrogen and oxygen atoms in total. The third-order valence-electron chi connectivity index (χ3n) is 2.44. The maximum Gasteiger partial charge on any atom is 0.255 e. The van der Waals surface area contributed by atoms with E-state index in [-0.39, 0.29) is 10.7 Å². The third kappa shape index (κ3) is 4.66. The molecule has 0 aliphatic carbocycles. The fourth-order valence-corrected chi connectivity index (χ4v) is 2.03. The van der Waals surface area contributed by atoms with Gasteiger partial charge >= 0.3 is 0 Å². The number of ether oxygens (including phenoxy) is 2. The summed E-state index contributed by atoms with van der Waals surface area (Å²) >= 11 is 3.47. The maximum absolute atomic E-state index is 11.9. The molecule has 5 heteroatoms. The average Bonchev–Trinajstić information content (AvgIpc) is 2.38. The average molecular weight is 316 g/mol. The Hall–Kier alpha value is -1.07. The molecule has 1 atom stereocenters. The van der Waals surface area contributed by atoms with Crippen molar-refractivity contribution in [2.45, 2.75) is 11.2 Å². The Balaban J connectivity index is 2.45. The van der Waals surface area contributed by atoms with E-state index in [0.29, 0.717) is 24.5 Å². The van der Waals surface area contributed by atoms with Crippen LogP contribution in [0, 0.1) is 0 Å². The van der Waals surface area contributed by atoms with Crippen molar-refractivity contribution in [3.8, 4) is 5.75 Å². The van der Waals surface area contributed by atoms with E-state index < -0.39 is 0 Å². The zero-order valence-electron chi connectivity index (χ0n) is 10.6. The van der Waals surface area contributed by atoms with Crippen LogP contribution in [0.1, 0.15) is 16.8 Å². The Morgan fingerprint density at radius 1 is 1.39 bits per heavy atom. The molecule has 0 heterocycles. The van der Waals surface area contributed by atoms with Gasteiger partial charge in [-0.1, -0.05) is 28.1 Å². The second-order valence-electron chi connectivity index (χ2n) is 3.80. The van der Waals surface area contributed by atoms with E-state index in [0.717, 1.165) is 6.42 Å². The van der Waals surface area contributed by atoms with Gasteiger partial charge in [-0.15, -0.1) is 0 Å². The van der Waals surface area contributed by atoms with Crippen LogP contribution in [0.2, 0.25) is 0 Å². The van der Waals surface area contributed by atoms with Gasteiger partial charge in [0.2, 0.25) is 0 Å². The first kappa shape index (κ1) is 15.0. The van der Waals surface area contributed by atoms with Gasteiger partial charge in [0.15, 0.2) is 0 Å². The first-order chi connectivity index (χ1) is 8.69. The van der Waals surface area contributed by atoms with Gasteiger partial charge < -0.3 is 14.8 Å². The number of nitrogens with one attached hydrogen (secondary N) is 1. The fourth-order valence-electron chi connectivity index (χ4n) is 1.53. The van der Waals surface area contributed by atoms with Crippen LogP contribution >= 0.6 is 15.9 Å². The van der Waals surface area contributed by atoms with E-state index in [2.05, 4.69) is 21.2 Å². The number of hydrogen-bond acceptors (Lipinski definition) is 3. The molecule has 0 spiro atoms. The summed E-state index contributed by atoms with van der Waals surface area (Å²) in [6.45, 7) is 1.22. The van der Waals surface area contributed by atoms with E-state index >= 15 is 0 Å². The van der Waals surface area contributed by atoms with Crippen molar-refractivity contribution in [1.82, 2.24) is 5.32 Å². The molecule has 1 amide bonds. The van der Waals surface area contributed by atoms with Gasteiger partial charge in [0.1, 0.15) is 5.75 Å². The van der Waals surface area contributed by atoms with Gasteiger partial charge in [0.05, 0.1) is 19.3 Å². The number of methoxy groups -OCH3 is 2. The van der Waals surface area contributed by atoms with E-state index in [1.165, 1.54) is 0 Å². The van der Waals surface area contributed by atoms with Crippen LogP contribution in [0.15, 0.2) is 24.3 Å². The fraction of sp³-hybridized carbons (Fsp3) is 0.462. The topological polar surface area (TPSA) is 47.6 Å². The van der Waals surface area contributed by atoms with Crippen molar-refractivity contribution in [1.29, 1.82) is 0 Å². The van der Waals surface area contributed by atoms with Crippen LogP contribution in [-0.2, 0) is 4.74 Å². The number of carbonyl (C=O) groups is 1. The first-order valence-corrected chi connectivity index (χ1v) is 6.64. The number of rotatable bonds is 7. The number of alkyl halides is 1. The molecular weight excluding hydrogens is 298 g/mol. The predicted molar refractivity (Wildman–Crippen MR) is 74.5 cm³/mol. The van der Waals surface area contributed by atoms with Gasteiger partial charge in [0, 0.05) is 18.5 Å². The highest BCUT2D eigenvalue weighted by atomic mass is 79.9. The van der Waals surface area contributed by atoms with Crippen molar-refractivity contribution in [3.63, 3.8) is 0 Å². The molecule has 0 aliphatic rings. The smallest absolute Gasteiger partial charge is 0.255 e. The lowest BCUT2D eigenvalue weighted by Gasteiger charge is -2.11. The van der Waals surface area contributed by atoms with Crippen molar-refractivity contribution >= 4 is 21.8 Å². The molecule has 0 saturated heterocycles. The van der Waals surface area contributed by atoms with Crippen molar-refractivity contribution in [2.75, 3.05) is 27.4 Å². The zero-order valence-corrected chi connectivity index (χ0v) is 12.2. The number of hydrogen-bond donors (Lipinski definition) is 1. The van der Waals surface area contributed by atoms with Gasteiger partial charge in [0.25, 0.3) is 5.91 Å². The summed E-state index contributed by atoms with van der Waals surface area (Å²) < 4.78 is 10.1. The Bertz CT molecular complexity index is 384. The molecule has 1 aromatic carbocycles. The summed E-state index contributed by atoms with van der Waals surface area (Å²) in [7, 11) is 3.21. The third-order valence-corrected chi connectivity index (χ3v) is 3.16. The van der Waals surface area contributed by atoms with Gasteiger partial charge in [-0.25, -0.2) is 0 Å². The summed E-state index contributed by atoms with van der Waals surface area (Å²) in [5.74, 6) is 0.465. The Morgan fingerprint density at radius 3 is 2.78 bits per heavy atom. The lowest BCUT2D eigenvalue weighted by Crippen LogP contribution is -2.27. The molecule has 1 N–H and O–H groups in total. The monoisotopic (exact) mass is 315 g/mol. The summed E-state index contributed by atoms with van der Waals surface area (Å²) in [5.41, 5.74) is 0.554. The van der Waals surface area contributed by atoms with Gasteiger partial charge in [-0.2, -0.15) is 0 Å². The highest BCUT2D eigenvalue weighted by Gasteiger charge is 2.11. The molecular formula is C13H18BrNO3. The molecule has 0 aliphatic heterocycles. The van der Waals surface area contributed by atoms with Crippen LogP contribution in [-0.4, -0.2) is 38.1 Å². The Labute approximate surface area is 116 Å². The van der Waals surface area contributed by atoms with Crippen LogP contribution < -0.4 is 10.1 Å². The lowest BCUT2D eigenvalue weighted by molar-refractivity contribution is 0.0949. The SMILES string of the molecule is COCC(Br)CCNC(=O)c1ccccc1OC. The summed E-state index contributed by atoms with van der Waals surface area (Å²) in [4.78, 5) is 12.2. The molecule has 1 aromatic rings. The van der Waals surface area contributed by atoms with Gasteiger partial charge in [-0.05, 0) is 18.6 Å². The van der Waals surface area contributed by atoms with E-state index in [4.69, 9.17) is 9.47 Å². The van der Waals surface area contributed by atoms with Crippen molar-refractivity contribution < 1.29 is 14.3 Å². The van der Waals surface area contributed by atoms with Crippen LogP contribution in [0.25, 0.3) is 0 Å². The second-order valence-corrected chi connectivity index (χ2v) is 5.09. The number of amides is 1. The number of benzene rings is 1. The number of halogens is 1. The molecule has 0 saturated carbocycles. The molecule has 0 radical (unpaired) electrons. The molecule has 0 aromatic heterocycles. The zero-order chi connectivity index (χ0) is 13.4. The van der Waals surface area contributed by atoms with Crippen LogP contribution in [0.5, 0.6) is 5.75 Å².